The normalized spacial score (nSPS) is 18.7. The molecule has 0 radical (unpaired) electrons. The molecule has 1 saturated carbocycles. The number of benzene rings is 9. The standard InChI is InChI=1S/C74H70BN3S2/c1-70(2,3)46-30-34-56(52(40-46)45-22-13-12-14-23-45)77-61-44-49(78-57-35-31-47(71(4,5)6)41-53(57)73(10)38-19-20-39-74(73,78)11)43-60-68(61)75(54-33-37-65-67(69(54)77)51-25-16-18-28-63(51)80-65)55-42-48(72(7,8)9)32-36-58(55)76(60)59-26-21-29-64-66(59)50-24-15-17-27-62(50)79-64/h12-18,21-37,40-44H,19-20,38-39H2,1-11H3. The Morgan fingerprint density at radius 3 is 1.69 bits per heavy atom. The maximum Gasteiger partial charge on any atom is 0.252 e. The molecule has 6 heteroatoms. The molecule has 0 amide bonds. The third-order valence-corrected chi connectivity index (χ3v) is 21.7. The van der Waals surface area contributed by atoms with Gasteiger partial charge >= 0.3 is 0 Å². The molecular weight excluding hydrogens is 1010 g/mol. The Labute approximate surface area is 481 Å². The number of hydrogen-bond donors (Lipinski definition) is 0. The number of fused-ring (bicyclic) bond motifs is 14. The maximum atomic E-state index is 2.85. The minimum Gasteiger partial charge on any atom is -0.334 e. The lowest BCUT2D eigenvalue weighted by Gasteiger charge is -2.51. The molecule has 0 bridgehead atoms. The van der Waals surface area contributed by atoms with Gasteiger partial charge in [-0.15, -0.1) is 22.7 Å². The molecule has 80 heavy (non-hydrogen) atoms. The average Bonchev–Trinajstić information content (AvgIpc) is 4.25. The van der Waals surface area contributed by atoms with E-state index in [0.717, 1.165) is 12.8 Å². The molecule has 5 heterocycles. The van der Waals surface area contributed by atoms with E-state index in [0.29, 0.717) is 0 Å². The van der Waals surface area contributed by atoms with Crippen molar-refractivity contribution in [2.75, 3.05) is 14.7 Å². The Hall–Kier alpha value is -7.12. The van der Waals surface area contributed by atoms with E-state index in [9.17, 15) is 0 Å². The van der Waals surface area contributed by atoms with Crippen molar-refractivity contribution >= 4 is 132 Å². The summed E-state index contributed by atoms with van der Waals surface area (Å²) in [6.07, 6.45) is 4.71. The predicted molar refractivity (Wildman–Crippen MR) is 351 cm³/mol. The van der Waals surface area contributed by atoms with Crippen molar-refractivity contribution < 1.29 is 0 Å². The quantitative estimate of drug-likeness (QED) is 0.163. The zero-order valence-electron chi connectivity index (χ0n) is 48.3. The molecule has 0 saturated heterocycles. The third-order valence-electron chi connectivity index (χ3n) is 19.5. The van der Waals surface area contributed by atoms with Crippen molar-refractivity contribution in [3.63, 3.8) is 0 Å². The van der Waals surface area contributed by atoms with Crippen molar-refractivity contribution in [2.24, 2.45) is 0 Å². The van der Waals surface area contributed by atoms with Gasteiger partial charge < -0.3 is 14.7 Å². The lowest BCUT2D eigenvalue weighted by molar-refractivity contribution is 0.195. The van der Waals surface area contributed by atoms with Crippen molar-refractivity contribution in [1.82, 2.24) is 0 Å². The highest BCUT2D eigenvalue weighted by molar-refractivity contribution is 7.26. The Kier molecular flexibility index (Phi) is 10.7. The Morgan fingerprint density at radius 2 is 1.00 bits per heavy atom. The lowest BCUT2D eigenvalue weighted by Crippen LogP contribution is -2.61. The topological polar surface area (TPSA) is 9.72 Å². The van der Waals surface area contributed by atoms with Crippen molar-refractivity contribution in [2.45, 2.75) is 129 Å². The Morgan fingerprint density at radius 1 is 0.438 bits per heavy atom. The maximum absolute atomic E-state index is 2.85. The molecule has 0 spiro atoms. The monoisotopic (exact) mass is 1080 g/mol. The van der Waals surface area contributed by atoms with Gasteiger partial charge in [0.15, 0.2) is 0 Å². The van der Waals surface area contributed by atoms with E-state index in [2.05, 4.69) is 267 Å². The fourth-order valence-electron chi connectivity index (χ4n) is 15.0. The largest absolute Gasteiger partial charge is 0.334 e. The second-order valence-corrected chi connectivity index (χ2v) is 29.4. The van der Waals surface area contributed by atoms with Gasteiger partial charge in [0.05, 0.1) is 22.6 Å². The smallest absolute Gasteiger partial charge is 0.252 e. The summed E-state index contributed by atoms with van der Waals surface area (Å²) >= 11 is 3.83. The predicted octanol–water partition coefficient (Wildman–Crippen LogP) is 19.8. The molecule has 15 rings (SSSR count). The van der Waals surface area contributed by atoms with Crippen LogP contribution < -0.4 is 31.1 Å². The van der Waals surface area contributed by atoms with E-state index < -0.39 is 0 Å². The van der Waals surface area contributed by atoms with Crippen LogP contribution in [-0.2, 0) is 21.7 Å². The minimum atomic E-state index is -0.190. The molecule has 2 atom stereocenters. The minimum absolute atomic E-state index is 0.0204. The highest BCUT2D eigenvalue weighted by atomic mass is 32.1. The van der Waals surface area contributed by atoms with E-state index in [1.165, 1.54) is 148 Å². The van der Waals surface area contributed by atoms with Gasteiger partial charge in [-0.25, -0.2) is 0 Å². The summed E-state index contributed by atoms with van der Waals surface area (Å²) in [4.78, 5) is 8.34. The van der Waals surface area contributed by atoms with Gasteiger partial charge in [-0.1, -0.05) is 191 Å². The highest BCUT2D eigenvalue weighted by Gasteiger charge is 2.58. The zero-order chi connectivity index (χ0) is 55.0. The first-order chi connectivity index (χ1) is 38.3. The fraction of sp³-hybridized carbons (Fsp3) is 0.270. The average molecular weight is 1080 g/mol. The van der Waals surface area contributed by atoms with Gasteiger partial charge in [0, 0.05) is 79.8 Å². The van der Waals surface area contributed by atoms with Crippen LogP contribution in [0.25, 0.3) is 51.5 Å². The molecule has 1 aliphatic carbocycles. The van der Waals surface area contributed by atoms with E-state index in [1.54, 1.807) is 0 Å². The van der Waals surface area contributed by atoms with Crippen LogP contribution in [0.15, 0.2) is 176 Å². The molecule has 2 aromatic heterocycles. The first-order valence-electron chi connectivity index (χ1n) is 29.2. The van der Waals surface area contributed by atoms with Crippen LogP contribution in [0.1, 0.15) is 124 Å². The molecule has 3 aliphatic heterocycles. The first-order valence-corrected chi connectivity index (χ1v) is 30.9. The second-order valence-electron chi connectivity index (χ2n) is 27.2. The SMILES string of the molecule is CC(C)(C)c1ccc2c(c1)B1c3ccc4sc5ccccc5c4c3N(c3ccc(C(C)(C)C)cc3-c3ccccc3)c3cc(N4c5ccc(C(C)(C)C)cc5C5(C)CCCCC45C)cc(c31)N2c1cccc2sc3ccccc3c12. The number of thiophene rings is 2. The molecule has 11 aromatic rings. The Bertz CT molecular complexity index is 4390. The van der Waals surface area contributed by atoms with E-state index >= 15 is 0 Å². The van der Waals surface area contributed by atoms with Crippen molar-refractivity contribution in [3.8, 4) is 11.1 Å². The molecule has 0 N–H and O–H groups in total. The van der Waals surface area contributed by atoms with Crippen molar-refractivity contribution in [3.05, 3.63) is 198 Å². The van der Waals surface area contributed by atoms with E-state index in [-0.39, 0.29) is 33.9 Å². The molecule has 9 aromatic carbocycles. The van der Waals surface area contributed by atoms with Gasteiger partial charge in [-0.05, 0) is 147 Å². The van der Waals surface area contributed by atoms with Gasteiger partial charge in [-0.3, -0.25) is 0 Å². The van der Waals surface area contributed by atoms with Gasteiger partial charge in [-0.2, -0.15) is 0 Å². The Balaban J connectivity index is 1.14. The fourth-order valence-corrected chi connectivity index (χ4v) is 17.2. The summed E-state index contributed by atoms with van der Waals surface area (Å²) in [5.74, 6) is 0. The summed E-state index contributed by atoms with van der Waals surface area (Å²) in [5, 5.41) is 5.26. The first kappa shape index (κ1) is 49.9. The van der Waals surface area contributed by atoms with Crippen LogP contribution in [0.4, 0.5) is 45.5 Å². The molecular formula is C74H70BN3S2. The number of rotatable bonds is 4. The number of hydrogen-bond acceptors (Lipinski definition) is 5. The van der Waals surface area contributed by atoms with Crippen LogP contribution >= 0.6 is 22.7 Å². The zero-order valence-corrected chi connectivity index (χ0v) is 49.9. The summed E-state index contributed by atoms with van der Waals surface area (Å²) in [7, 11) is 0. The van der Waals surface area contributed by atoms with Gasteiger partial charge in [0.1, 0.15) is 0 Å². The van der Waals surface area contributed by atoms with Gasteiger partial charge in [0.25, 0.3) is 6.71 Å². The summed E-state index contributed by atoms with van der Waals surface area (Å²) in [6, 6.07) is 69.3. The molecule has 2 unspecified atom stereocenters. The molecule has 4 aliphatic rings. The molecule has 3 nitrogen and oxygen atoms in total. The number of nitrogens with zero attached hydrogens (tertiary/aromatic N) is 3. The van der Waals surface area contributed by atoms with Crippen LogP contribution in [0, 0.1) is 0 Å². The van der Waals surface area contributed by atoms with Crippen LogP contribution in [0.5, 0.6) is 0 Å². The summed E-state index contributed by atoms with van der Waals surface area (Å²) in [6.45, 7) is 26.5. The van der Waals surface area contributed by atoms with Crippen LogP contribution in [-0.4, -0.2) is 12.3 Å². The molecule has 396 valence electrons. The van der Waals surface area contributed by atoms with E-state index in [1.807, 2.05) is 22.7 Å². The van der Waals surface area contributed by atoms with Crippen LogP contribution in [0.2, 0.25) is 0 Å². The second kappa shape index (κ2) is 17.2. The molecule has 1 fully saturated rings. The third kappa shape index (κ3) is 7.10. The highest BCUT2D eigenvalue weighted by Crippen LogP contribution is 2.63. The van der Waals surface area contributed by atoms with Crippen molar-refractivity contribution in [1.29, 1.82) is 0 Å². The van der Waals surface area contributed by atoms with Gasteiger partial charge in [0.2, 0.25) is 0 Å². The summed E-state index contributed by atoms with van der Waals surface area (Å²) in [5.41, 5.74) is 21.8. The summed E-state index contributed by atoms with van der Waals surface area (Å²) < 4.78 is 5.25. The van der Waals surface area contributed by atoms with Crippen LogP contribution in [0.3, 0.4) is 0 Å². The van der Waals surface area contributed by atoms with E-state index in [4.69, 9.17) is 0 Å². The number of anilines is 8. The lowest BCUT2D eigenvalue weighted by atomic mass is 9.33.